The molecule has 0 radical (unpaired) electrons. The molecular formula is C21H34N2O2. The number of nitrogens with one attached hydrogen (secondary N) is 1. The molecule has 25 heavy (non-hydrogen) atoms. The van der Waals surface area contributed by atoms with Gasteiger partial charge in [0.2, 0.25) is 0 Å². The summed E-state index contributed by atoms with van der Waals surface area (Å²) >= 11 is 0. The fourth-order valence-corrected chi connectivity index (χ4v) is 3.86. The van der Waals surface area contributed by atoms with Gasteiger partial charge in [-0.2, -0.15) is 0 Å². The van der Waals surface area contributed by atoms with Crippen LogP contribution < -0.4 is 5.32 Å². The van der Waals surface area contributed by atoms with E-state index in [4.69, 9.17) is 4.74 Å². The summed E-state index contributed by atoms with van der Waals surface area (Å²) in [7, 11) is 0. The first-order valence-corrected chi connectivity index (χ1v) is 9.39. The highest BCUT2D eigenvalue weighted by atomic mass is 16.6. The van der Waals surface area contributed by atoms with Gasteiger partial charge >= 0.3 is 6.09 Å². The first kappa shape index (κ1) is 19.8. The number of rotatable bonds is 3. The van der Waals surface area contributed by atoms with E-state index in [1.165, 1.54) is 5.56 Å². The Labute approximate surface area is 152 Å². The minimum atomic E-state index is -0.478. The van der Waals surface area contributed by atoms with E-state index in [1.54, 1.807) is 0 Å². The normalized spacial score (nSPS) is 30.8. The second-order valence-corrected chi connectivity index (χ2v) is 8.53. The van der Waals surface area contributed by atoms with Crippen LogP contribution in [0.25, 0.3) is 0 Å². The third-order valence-electron chi connectivity index (χ3n) is 5.61. The van der Waals surface area contributed by atoms with E-state index in [1.807, 2.05) is 26.8 Å². The number of carbonyl (C=O) groups excluding carboxylic acids is 1. The molecule has 0 bridgehead atoms. The Morgan fingerprint density at radius 1 is 1.04 bits per heavy atom. The molecule has 2 rings (SSSR count). The van der Waals surface area contributed by atoms with Crippen LogP contribution in [0.15, 0.2) is 30.3 Å². The Bertz CT molecular complexity index is 567. The zero-order chi connectivity index (χ0) is 18.8. The van der Waals surface area contributed by atoms with Crippen LogP contribution in [0.5, 0.6) is 0 Å². The first-order valence-electron chi connectivity index (χ1n) is 9.39. The van der Waals surface area contributed by atoms with Crippen LogP contribution >= 0.6 is 0 Å². The zero-order valence-electron chi connectivity index (χ0n) is 16.7. The molecular weight excluding hydrogens is 312 g/mol. The Morgan fingerprint density at radius 2 is 1.64 bits per heavy atom. The van der Waals surface area contributed by atoms with Gasteiger partial charge in [0, 0.05) is 18.6 Å². The van der Waals surface area contributed by atoms with E-state index < -0.39 is 5.60 Å². The lowest BCUT2D eigenvalue weighted by Gasteiger charge is -2.50. The smallest absolute Gasteiger partial charge is 0.407 e. The standard InChI is InChI=1S/C21H34N2O2/c1-14-15(2)19(22-20(24)25-21(5,6)7)17(4)23(16(14)3)13-18-11-9-8-10-12-18/h8-12,14-17,19H,13H2,1-7H3,(H,22,24)/t14-,15+,16-,17+,19-/m0/s1. The number of nitrogens with zero attached hydrogens (tertiary/aromatic N) is 1. The van der Waals surface area contributed by atoms with Gasteiger partial charge in [0.25, 0.3) is 0 Å². The molecule has 4 heteroatoms. The first-order chi connectivity index (χ1) is 11.6. The van der Waals surface area contributed by atoms with Crippen LogP contribution in [0, 0.1) is 11.8 Å². The predicted molar refractivity (Wildman–Crippen MR) is 102 cm³/mol. The second-order valence-electron chi connectivity index (χ2n) is 8.53. The number of ether oxygens (including phenoxy) is 1. The van der Waals surface area contributed by atoms with E-state index in [9.17, 15) is 4.79 Å². The predicted octanol–water partition coefficient (Wildman–Crippen LogP) is 4.44. The van der Waals surface area contributed by atoms with Crippen LogP contribution in [-0.4, -0.2) is 34.7 Å². The molecule has 0 aliphatic carbocycles. The molecule has 4 nitrogen and oxygen atoms in total. The minimum Gasteiger partial charge on any atom is -0.444 e. The molecule has 140 valence electrons. The van der Waals surface area contributed by atoms with Gasteiger partial charge in [-0.3, -0.25) is 4.90 Å². The van der Waals surface area contributed by atoms with Crippen LogP contribution in [0.2, 0.25) is 0 Å². The van der Waals surface area contributed by atoms with Gasteiger partial charge in [0.05, 0.1) is 6.04 Å². The summed E-state index contributed by atoms with van der Waals surface area (Å²) in [6, 6.07) is 11.3. The Balaban J connectivity index is 2.14. The average molecular weight is 347 g/mol. The van der Waals surface area contributed by atoms with Gasteiger partial charge in [-0.25, -0.2) is 4.79 Å². The van der Waals surface area contributed by atoms with E-state index in [-0.39, 0.29) is 18.2 Å². The maximum atomic E-state index is 12.3. The Morgan fingerprint density at radius 3 is 2.20 bits per heavy atom. The fourth-order valence-electron chi connectivity index (χ4n) is 3.86. The average Bonchev–Trinajstić information content (AvgIpc) is 2.53. The van der Waals surface area contributed by atoms with Crippen molar-refractivity contribution in [2.75, 3.05) is 0 Å². The van der Waals surface area contributed by atoms with Crippen LogP contribution in [0.3, 0.4) is 0 Å². The van der Waals surface area contributed by atoms with Gasteiger partial charge in [-0.15, -0.1) is 0 Å². The van der Waals surface area contributed by atoms with Crippen molar-refractivity contribution >= 4 is 6.09 Å². The van der Waals surface area contributed by atoms with E-state index in [0.29, 0.717) is 17.9 Å². The summed E-state index contributed by atoms with van der Waals surface area (Å²) in [6.45, 7) is 15.6. The lowest BCUT2D eigenvalue weighted by atomic mass is 9.76. The van der Waals surface area contributed by atoms with Gasteiger partial charge in [-0.1, -0.05) is 44.2 Å². The van der Waals surface area contributed by atoms with Crippen molar-refractivity contribution in [3.63, 3.8) is 0 Å². The maximum Gasteiger partial charge on any atom is 0.407 e. The van der Waals surface area contributed by atoms with Crippen molar-refractivity contribution in [3.8, 4) is 0 Å². The largest absolute Gasteiger partial charge is 0.444 e. The van der Waals surface area contributed by atoms with E-state index >= 15 is 0 Å². The molecule has 1 N–H and O–H groups in total. The van der Waals surface area contributed by atoms with Crippen molar-refractivity contribution in [2.24, 2.45) is 11.8 Å². The topological polar surface area (TPSA) is 41.6 Å². The maximum absolute atomic E-state index is 12.3. The number of alkyl carbamates (subject to hydrolysis) is 1. The van der Waals surface area contributed by atoms with Crippen molar-refractivity contribution < 1.29 is 9.53 Å². The summed E-state index contributed by atoms with van der Waals surface area (Å²) in [6.07, 6.45) is -0.322. The van der Waals surface area contributed by atoms with Crippen LogP contribution in [0.4, 0.5) is 4.79 Å². The molecule has 0 unspecified atom stereocenters. The summed E-state index contributed by atoms with van der Waals surface area (Å²) in [5.74, 6) is 0.879. The molecule has 0 aromatic heterocycles. The SMILES string of the molecule is C[C@@H]1[C@H](C)[C@H](C)N(Cc2ccccc2)[C@H](C)[C@H]1NC(=O)OC(C)(C)C. The van der Waals surface area contributed by atoms with E-state index in [0.717, 1.165) is 6.54 Å². The van der Waals surface area contributed by atoms with Crippen LogP contribution in [0.1, 0.15) is 54.0 Å². The fraction of sp³-hybridized carbons (Fsp3) is 0.667. The van der Waals surface area contributed by atoms with Gasteiger partial charge in [0.15, 0.2) is 0 Å². The number of amides is 1. The van der Waals surface area contributed by atoms with Crippen molar-refractivity contribution in [1.29, 1.82) is 0 Å². The number of hydrogen-bond acceptors (Lipinski definition) is 3. The quantitative estimate of drug-likeness (QED) is 0.879. The second kappa shape index (κ2) is 7.77. The molecule has 1 aliphatic heterocycles. The van der Waals surface area contributed by atoms with Crippen molar-refractivity contribution in [3.05, 3.63) is 35.9 Å². The number of benzene rings is 1. The third-order valence-corrected chi connectivity index (χ3v) is 5.61. The molecule has 5 atom stereocenters. The molecule has 1 fully saturated rings. The summed E-state index contributed by atoms with van der Waals surface area (Å²) in [5.41, 5.74) is 0.826. The van der Waals surface area contributed by atoms with Crippen LogP contribution in [-0.2, 0) is 11.3 Å². The molecule has 1 aromatic rings. The number of likely N-dealkylation sites (tertiary alicyclic amines) is 1. The zero-order valence-corrected chi connectivity index (χ0v) is 16.7. The molecule has 1 aliphatic rings. The van der Waals surface area contributed by atoms with Crippen molar-refractivity contribution in [1.82, 2.24) is 10.2 Å². The summed E-state index contributed by atoms with van der Waals surface area (Å²) < 4.78 is 5.48. The highest BCUT2D eigenvalue weighted by Crippen LogP contribution is 2.34. The number of hydrogen-bond donors (Lipinski definition) is 1. The molecule has 1 aromatic carbocycles. The lowest BCUT2D eigenvalue weighted by molar-refractivity contribution is -0.0118. The molecule has 0 spiro atoms. The summed E-state index contributed by atoms with van der Waals surface area (Å²) in [4.78, 5) is 14.8. The van der Waals surface area contributed by atoms with Gasteiger partial charge in [-0.05, 0) is 52.0 Å². The van der Waals surface area contributed by atoms with Gasteiger partial charge in [0.1, 0.15) is 5.60 Å². The van der Waals surface area contributed by atoms with E-state index in [2.05, 4.69) is 62.2 Å². The summed E-state index contributed by atoms with van der Waals surface area (Å²) in [5, 5.41) is 3.14. The molecule has 1 amide bonds. The Hall–Kier alpha value is -1.55. The van der Waals surface area contributed by atoms with Crippen molar-refractivity contribution in [2.45, 2.75) is 78.7 Å². The Kier molecular flexibility index (Phi) is 6.15. The van der Waals surface area contributed by atoms with Gasteiger partial charge < -0.3 is 10.1 Å². The highest BCUT2D eigenvalue weighted by molar-refractivity contribution is 5.68. The number of piperidine rings is 1. The highest BCUT2D eigenvalue weighted by Gasteiger charge is 2.42. The lowest BCUT2D eigenvalue weighted by Crippen LogP contribution is -2.63. The molecule has 1 heterocycles. The minimum absolute atomic E-state index is 0.0739. The molecule has 0 saturated carbocycles. The number of carbonyl (C=O) groups is 1. The third kappa shape index (κ3) is 4.97. The molecule has 1 saturated heterocycles. The monoisotopic (exact) mass is 346 g/mol.